The molecule has 3 aromatic carbocycles. The minimum absolute atomic E-state index is 0.0846. The molecule has 0 saturated carbocycles. The monoisotopic (exact) mass is 615 g/mol. The minimum Gasteiger partial charge on any atom is -0.342 e. The minimum atomic E-state index is -4.46. The SMILES string of the molecule is CC1(Cc2cccc(Br)c2)C(=O)C(C2=NP(=O)(O)c3cc(NS(C)(=O)=O)ccc3N2)C(=O)c2ccccc21. The second-order valence-electron chi connectivity index (χ2n) is 9.61. The highest BCUT2D eigenvalue weighted by Gasteiger charge is 2.52. The number of Topliss-reactive ketones (excluding diaryl/α,β-unsaturated/α-hetero) is 2. The van der Waals surface area contributed by atoms with Gasteiger partial charge in [0.25, 0.3) is 0 Å². The van der Waals surface area contributed by atoms with Gasteiger partial charge in [-0.1, -0.05) is 52.3 Å². The smallest absolute Gasteiger partial charge is 0.342 e. The summed E-state index contributed by atoms with van der Waals surface area (Å²) in [5.41, 5.74) is 0.940. The molecule has 0 aromatic heterocycles. The first-order chi connectivity index (χ1) is 17.8. The number of nitrogens with zero attached hydrogens (tertiary/aromatic N) is 1. The highest BCUT2D eigenvalue weighted by molar-refractivity contribution is 9.10. The average molecular weight is 616 g/mol. The number of fused-ring (bicyclic) bond motifs is 2. The zero-order chi connectivity index (χ0) is 27.5. The van der Waals surface area contributed by atoms with E-state index in [1.165, 1.54) is 18.2 Å². The van der Waals surface area contributed by atoms with Crippen molar-refractivity contribution >= 4 is 67.6 Å². The number of rotatable bonds is 5. The van der Waals surface area contributed by atoms with Crippen molar-refractivity contribution in [2.45, 2.75) is 18.8 Å². The number of ketones is 2. The molecule has 9 nitrogen and oxygen atoms in total. The number of sulfonamides is 1. The van der Waals surface area contributed by atoms with E-state index in [2.05, 4.69) is 30.7 Å². The van der Waals surface area contributed by atoms with E-state index in [1.807, 2.05) is 24.3 Å². The maximum absolute atomic E-state index is 14.1. The van der Waals surface area contributed by atoms with Gasteiger partial charge in [0.2, 0.25) is 10.0 Å². The number of hydrogen-bond acceptors (Lipinski definition) is 6. The van der Waals surface area contributed by atoms with Gasteiger partial charge in [-0.2, -0.15) is 4.76 Å². The Bertz CT molecular complexity index is 1710. The fourth-order valence-corrected chi connectivity index (χ4v) is 7.36. The van der Waals surface area contributed by atoms with E-state index in [-0.39, 0.29) is 22.5 Å². The summed E-state index contributed by atoms with van der Waals surface area (Å²) in [6.07, 6.45) is 1.26. The highest BCUT2D eigenvalue weighted by Crippen LogP contribution is 2.49. The molecule has 1 heterocycles. The second-order valence-corrected chi connectivity index (χ2v) is 14.0. The average Bonchev–Trinajstić information content (AvgIpc) is 2.82. The van der Waals surface area contributed by atoms with Gasteiger partial charge in [-0.3, -0.25) is 18.9 Å². The molecule has 0 amide bonds. The molecule has 0 saturated heterocycles. The number of carbonyl (C=O) groups is 2. The van der Waals surface area contributed by atoms with Crippen molar-refractivity contribution < 1.29 is 27.5 Å². The summed E-state index contributed by atoms with van der Waals surface area (Å²) in [5.74, 6) is -2.59. The van der Waals surface area contributed by atoms with Crippen LogP contribution < -0.4 is 15.3 Å². The fraction of sp³-hybridized carbons (Fsp3) is 0.192. The van der Waals surface area contributed by atoms with Crippen molar-refractivity contribution in [3.05, 3.63) is 87.9 Å². The summed E-state index contributed by atoms with van der Waals surface area (Å²) < 4.78 is 43.6. The predicted octanol–water partition coefficient (Wildman–Crippen LogP) is 4.04. The third kappa shape index (κ3) is 4.75. The molecular weight excluding hydrogens is 593 g/mol. The molecule has 3 aromatic rings. The zero-order valence-electron chi connectivity index (χ0n) is 20.3. The largest absolute Gasteiger partial charge is 0.345 e. The van der Waals surface area contributed by atoms with Crippen molar-refractivity contribution in [2.24, 2.45) is 10.7 Å². The van der Waals surface area contributed by atoms with Gasteiger partial charge in [-0.25, -0.2) is 8.42 Å². The van der Waals surface area contributed by atoms with Crippen LogP contribution in [0.4, 0.5) is 11.4 Å². The van der Waals surface area contributed by atoms with E-state index in [0.29, 0.717) is 17.5 Å². The summed E-state index contributed by atoms with van der Waals surface area (Å²) in [6.45, 7) is 1.77. The molecule has 0 fully saturated rings. The van der Waals surface area contributed by atoms with Crippen molar-refractivity contribution in [3.63, 3.8) is 0 Å². The Morgan fingerprint density at radius 3 is 2.55 bits per heavy atom. The first kappa shape index (κ1) is 26.5. The quantitative estimate of drug-likeness (QED) is 0.290. The lowest BCUT2D eigenvalue weighted by Gasteiger charge is -2.39. The molecule has 38 heavy (non-hydrogen) atoms. The van der Waals surface area contributed by atoms with Crippen LogP contribution in [-0.2, 0) is 31.2 Å². The fourth-order valence-electron chi connectivity index (χ4n) is 5.04. The molecule has 3 unspecified atom stereocenters. The normalized spacial score (nSPS) is 24.6. The number of anilines is 2. The number of carbonyl (C=O) groups excluding carboxylic acids is 2. The number of halogens is 1. The molecular formula is C26H23BrN3O6PS. The molecule has 12 heteroatoms. The molecule has 0 radical (unpaired) electrons. The summed E-state index contributed by atoms with van der Waals surface area (Å²) in [6, 6.07) is 18.5. The van der Waals surface area contributed by atoms with E-state index in [1.54, 1.807) is 31.2 Å². The molecule has 5 rings (SSSR count). The molecule has 2 aliphatic rings. The molecule has 1 aliphatic heterocycles. The topological polar surface area (TPSA) is 142 Å². The highest BCUT2D eigenvalue weighted by atomic mass is 79.9. The Labute approximate surface area is 228 Å². The Morgan fingerprint density at radius 1 is 1.11 bits per heavy atom. The van der Waals surface area contributed by atoms with E-state index >= 15 is 0 Å². The first-order valence-electron chi connectivity index (χ1n) is 11.5. The van der Waals surface area contributed by atoms with Gasteiger partial charge in [0.05, 0.1) is 22.7 Å². The van der Waals surface area contributed by atoms with E-state index in [4.69, 9.17) is 0 Å². The molecule has 0 bridgehead atoms. The van der Waals surface area contributed by atoms with Crippen LogP contribution >= 0.6 is 23.4 Å². The lowest BCUT2D eigenvalue weighted by Crippen LogP contribution is -2.52. The van der Waals surface area contributed by atoms with Crippen molar-refractivity contribution in [2.75, 3.05) is 16.3 Å². The van der Waals surface area contributed by atoms with Gasteiger partial charge in [0.1, 0.15) is 11.8 Å². The second kappa shape index (κ2) is 9.27. The Balaban J connectivity index is 1.59. The van der Waals surface area contributed by atoms with Crippen LogP contribution in [0.5, 0.6) is 0 Å². The third-order valence-corrected chi connectivity index (χ3v) is 9.28. The van der Waals surface area contributed by atoms with Crippen molar-refractivity contribution in [1.29, 1.82) is 0 Å². The first-order valence-corrected chi connectivity index (χ1v) is 15.8. The third-order valence-electron chi connectivity index (χ3n) is 6.70. The van der Waals surface area contributed by atoms with E-state index in [0.717, 1.165) is 16.3 Å². The van der Waals surface area contributed by atoms with Crippen LogP contribution in [0.15, 0.2) is 76.0 Å². The lowest BCUT2D eigenvalue weighted by molar-refractivity contribution is -0.125. The van der Waals surface area contributed by atoms with Crippen LogP contribution in [0.25, 0.3) is 0 Å². The van der Waals surface area contributed by atoms with Gasteiger partial charge < -0.3 is 10.2 Å². The maximum Gasteiger partial charge on any atom is 0.345 e. The summed E-state index contributed by atoms with van der Waals surface area (Å²) >= 11 is 3.46. The predicted molar refractivity (Wildman–Crippen MR) is 150 cm³/mol. The van der Waals surface area contributed by atoms with Gasteiger partial charge >= 0.3 is 7.52 Å². The van der Waals surface area contributed by atoms with Gasteiger partial charge in [-0.05, 0) is 54.8 Å². The number of amidine groups is 1. The van der Waals surface area contributed by atoms with E-state index in [9.17, 15) is 27.5 Å². The van der Waals surface area contributed by atoms with Crippen LogP contribution in [-0.4, -0.2) is 37.0 Å². The van der Waals surface area contributed by atoms with Crippen LogP contribution in [0.1, 0.15) is 28.4 Å². The van der Waals surface area contributed by atoms with Crippen LogP contribution in [0.3, 0.4) is 0 Å². The Hall–Kier alpha value is -3.11. The standard InChI is InChI=1S/C26H23BrN3O6PS/c1-26(14-15-6-5-7-16(27)12-15)19-9-4-3-8-18(19)23(31)22(24(26)32)25-28-20-11-10-17(30-38(2,35)36)13-21(20)37(33,34)29-25/h3-13,22,30H,14H2,1-2H3,(H2,28,29,33,34). The molecule has 3 atom stereocenters. The Kier molecular flexibility index (Phi) is 6.46. The van der Waals surface area contributed by atoms with Crippen LogP contribution in [0.2, 0.25) is 0 Å². The zero-order valence-corrected chi connectivity index (χ0v) is 23.6. The van der Waals surface area contributed by atoms with Crippen LogP contribution in [0, 0.1) is 5.92 Å². The molecule has 0 spiro atoms. The van der Waals surface area contributed by atoms with Gasteiger partial charge in [-0.15, -0.1) is 0 Å². The molecule has 1 aliphatic carbocycles. The number of benzene rings is 3. The number of hydrogen-bond donors (Lipinski definition) is 3. The summed E-state index contributed by atoms with van der Waals surface area (Å²) in [5, 5.41) is 2.77. The van der Waals surface area contributed by atoms with Gasteiger partial charge in [0.15, 0.2) is 11.6 Å². The number of nitrogens with one attached hydrogen (secondary N) is 2. The summed E-state index contributed by atoms with van der Waals surface area (Å²) in [4.78, 5) is 38.6. The van der Waals surface area contributed by atoms with E-state index < -0.39 is 40.4 Å². The Morgan fingerprint density at radius 2 is 1.84 bits per heavy atom. The van der Waals surface area contributed by atoms with Crippen molar-refractivity contribution in [3.8, 4) is 0 Å². The summed E-state index contributed by atoms with van der Waals surface area (Å²) in [7, 11) is -8.09. The molecule has 3 N–H and O–H groups in total. The van der Waals surface area contributed by atoms with Crippen molar-refractivity contribution in [1.82, 2.24) is 0 Å². The molecule has 196 valence electrons. The maximum atomic E-state index is 14.1. The lowest BCUT2D eigenvalue weighted by atomic mass is 9.63. The van der Waals surface area contributed by atoms with Gasteiger partial charge in [0, 0.05) is 15.7 Å².